The first kappa shape index (κ1) is 15.4. The van der Waals surface area contributed by atoms with E-state index in [4.69, 9.17) is 5.73 Å². The van der Waals surface area contributed by atoms with E-state index in [-0.39, 0.29) is 5.03 Å². The van der Waals surface area contributed by atoms with E-state index in [1.165, 1.54) is 10.5 Å². The van der Waals surface area contributed by atoms with Crippen LogP contribution in [0.2, 0.25) is 0 Å². The highest BCUT2D eigenvalue weighted by Gasteiger charge is 2.26. The molecule has 0 bridgehead atoms. The van der Waals surface area contributed by atoms with Crippen molar-refractivity contribution >= 4 is 21.4 Å². The van der Waals surface area contributed by atoms with Crippen LogP contribution in [0.3, 0.4) is 0 Å². The number of nitrogens with zero attached hydrogens (tertiary/aromatic N) is 2. The van der Waals surface area contributed by atoms with Gasteiger partial charge in [-0.2, -0.15) is 8.42 Å². The lowest BCUT2D eigenvalue weighted by molar-refractivity contribution is 0.586. The molecule has 0 unspecified atom stereocenters. The standard InChI is InChI=1S/C14H20N4O2S/c1-3-9-18(12-7-5-11(15)6-8-12)21(19,20)14-10-16-13(4-2)17-14/h5-8,10H,3-4,9,15H2,1-2H3,(H,16,17). The summed E-state index contributed by atoms with van der Waals surface area (Å²) in [5.41, 5.74) is 6.85. The van der Waals surface area contributed by atoms with E-state index in [0.717, 1.165) is 0 Å². The van der Waals surface area contributed by atoms with E-state index >= 15 is 0 Å². The molecule has 1 heterocycles. The summed E-state index contributed by atoms with van der Waals surface area (Å²) in [7, 11) is -3.64. The van der Waals surface area contributed by atoms with Crippen molar-refractivity contribution < 1.29 is 8.42 Å². The van der Waals surface area contributed by atoms with E-state index in [1.807, 2.05) is 13.8 Å². The lowest BCUT2D eigenvalue weighted by Crippen LogP contribution is -2.32. The second kappa shape index (κ2) is 6.17. The number of rotatable bonds is 6. The zero-order valence-corrected chi connectivity index (χ0v) is 13.0. The number of nitrogens with two attached hydrogens (primary N) is 1. The van der Waals surface area contributed by atoms with Crippen molar-refractivity contribution in [2.24, 2.45) is 0 Å². The summed E-state index contributed by atoms with van der Waals surface area (Å²) in [6, 6.07) is 6.80. The van der Waals surface area contributed by atoms with Crippen LogP contribution >= 0.6 is 0 Å². The summed E-state index contributed by atoms with van der Waals surface area (Å²) in [6.45, 7) is 4.25. The van der Waals surface area contributed by atoms with Gasteiger partial charge in [0.1, 0.15) is 5.82 Å². The molecule has 2 aromatic rings. The minimum Gasteiger partial charge on any atom is -0.399 e. The first-order valence-corrected chi connectivity index (χ1v) is 8.35. The Morgan fingerprint density at radius 1 is 1.24 bits per heavy atom. The van der Waals surface area contributed by atoms with Crippen molar-refractivity contribution in [3.63, 3.8) is 0 Å². The molecule has 1 aromatic heterocycles. The first-order chi connectivity index (χ1) is 9.98. The fourth-order valence-corrected chi connectivity index (χ4v) is 3.50. The summed E-state index contributed by atoms with van der Waals surface area (Å²) < 4.78 is 26.9. The SMILES string of the molecule is CCCN(c1ccc(N)cc1)S(=O)(=O)c1cnc(CC)[nH]1. The number of anilines is 2. The number of aromatic nitrogens is 2. The van der Waals surface area contributed by atoms with Gasteiger partial charge in [0.15, 0.2) is 5.03 Å². The molecule has 3 N–H and O–H groups in total. The maximum absolute atomic E-state index is 12.8. The summed E-state index contributed by atoms with van der Waals surface area (Å²) in [5, 5.41) is 0.115. The fourth-order valence-electron chi connectivity index (χ4n) is 2.00. The molecule has 0 aliphatic heterocycles. The van der Waals surface area contributed by atoms with Crippen LogP contribution in [0, 0.1) is 0 Å². The Kier molecular flexibility index (Phi) is 4.52. The topological polar surface area (TPSA) is 92.1 Å². The number of H-pyrrole nitrogens is 1. The summed E-state index contributed by atoms with van der Waals surface area (Å²) in [6.07, 6.45) is 2.73. The third-order valence-electron chi connectivity index (χ3n) is 3.12. The van der Waals surface area contributed by atoms with Crippen LogP contribution < -0.4 is 10.0 Å². The number of hydrogen-bond acceptors (Lipinski definition) is 4. The number of aryl methyl sites for hydroxylation is 1. The number of nitrogens with one attached hydrogen (secondary N) is 1. The van der Waals surface area contributed by atoms with Crippen LogP contribution in [0.4, 0.5) is 11.4 Å². The van der Waals surface area contributed by atoms with Gasteiger partial charge in [0, 0.05) is 18.7 Å². The molecule has 6 nitrogen and oxygen atoms in total. The van der Waals surface area contributed by atoms with Gasteiger partial charge in [-0.05, 0) is 30.7 Å². The summed E-state index contributed by atoms with van der Waals surface area (Å²) in [5.74, 6) is 0.655. The molecule has 0 saturated carbocycles. The highest BCUT2D eigenvalue weighted by atomic mass is 32.2. The molecule has 0 radical (unpaired) electrons. The number of sulfonamides is 1. The van der Waals surface area contributed by atoms with Crippen LogP contribution in [0.5, 0.6) is 0 Å². The maximum atomic E-state index is 12.8. The van der Waals surface area contributed by atoms with Crippen molar-refractivity contribution in [3.05, 3.63) is 36.3 Å². The number of imidazole rings is 1. The van der Waals surface area contributed by atoms with Gasteiger partial charge in [-0.3, -0.25) is 4.31 Å². The number of benzene rings is 1. The van der Waals surface area contributed by atoms with Crippen molar-refractivity contribution in [1.82, 2.24) is 9.97 Å². The third kappa shape index (κ3) is 3.18. The molecule has 0 saturated heterocycles. The number of aromatic amines is 1. The molecule has 114 valence electrons. The minimum absolute atomic E-state index is 0.115. The van der Waals surface area contributed by atoms with Gasteiger partial charge in [0.25, 0.3) is 10.0 Å². The van der Waals surface area contributed by atoms with Crippen molar-refractivity contribution in [3.8, 4) is 0 Å². The van der Waals surface area contributed by atoms with Gasteiger partial charge in [-0.15, -0.1) is 0 Å². The first-order valence-electron chi connectivity index (χ1n) is 6.91. The molecule has 0 aliphatic carbocycles. The monoisotopic (exact) mass is 308 g/mol. The van der Waals surface area contributed by atoms with Crippen LogP contribution in [-0.2, 0) is 16.4 Å². The second-order valence-corrected chi connectivity index (χ2v) is 6.55. The van der Waals surface area contributed by atoms with E-state index in [0.29, 0.717) is 36.6 Å². The molecule has 0 amide bonds. The van der Waals surface area contributed by atoms with Gasteiger partial charge in [0.05, 0.1) is 11.9 Å². The largest absolute Gasteiger partial charge is 0.399 e. The highest BCUT2D eigenvalue weighted by Crippen LogP contribution is 2.24. The lowest BCUT2D eigenvalue weighted by atomic mass is 10.3. The molecule has 1 aromatic carbocycles. The molecule has 0 spiro atoms. The molecule has 0 atom stereocenters. The van der Waals surface area contributed by atoms with Gasteiger partial charge < -0.3 is 10.7 Å². The molecule has 21 heavy (non-hydrogen) atoms. The normalized spacial score (nSPS) is 11.5. The van der Waals surface area contributed by atoms with E-state index in [9.17, 15) is 8.42 Å². The van der Waals surface area contributed by atoms with E-state index in [2.05, 4.69) is 9.97 Å². The molecule has 0 fully saturated rings. The molecule has 7 heteroatoms. The molecular weight excluding hydrogens is 288 g/mol. The lowest BCUT2D eigenvalue weighted by Gasteiger charge is -2.23. The highest BCUT2D eigenvalue weighted by molar-refractivity contribution is 7.92. The van der Waals surface area contributed by atoms with Gasteiger partial charge >= 0.3 is 0 Å². The zero-order chi connectivity index (χ0) is 15.5. The average Bonchev–Trinajstić information content (AvgIpc) is 2.95. The van der Waals surface area contributed by atoms with Crippen molar-refractivity contribution in [2.75, 3.05) is 16.6 Å². The minimum atomic E-state index is -3.64. The van der Waals surface area contributed by atoms with Crippen LogP contribution in [0.25, 0.3) is 0 Å². The van der Waals surface area contributed by atoms with Gasteiger partial charge in [0.2, 0.25) is 0 Å². The Balaban J connectivity index is 2.42. The molecule has 0 aliphatic rings. The Morgan fingerprint density at radius 3 is 2.43 bits per heavy atom. The summed E-state index contributed by atoms with van der Waals surface area (Å²) >= 11 is 0. The van der Waals surface area contributed by atoms with Crippen molar-refractivity contribution in [1.29, 1.82) is 0 Å². The van der Waals surface area contributed by atoms with E-state index in [1.54, 1.807) is 24.3 Å². The van der Waals surface area contributed by atoms with Crippen LogP contribution in [0.1, 0.15) is 26.1 Å². The smallest absolute Gasteiger partial charge is 0.281 e. The maximum Gasteiger partial charge on any atom is 0.281 e. The Morgan fingerprint density at radius 2 is 1.90 bits per heavy atom. The predicted molar refractivity (Wildman–Crippen MR) is 83.6 cm³/mol. The van der Waals surface area contributed by atoms with Gasteiger partial charge in [-0.25, -0.2) is 4.98 Å². The average molecular weight is 308 g/mol. The van der Waals surface area contributed by atoms with E-state index < -0.39 is 10.0 Å². The fraction of sp³-hybridized carbons (Fsp3) is 0.357. The second-order valence-electron chi connectivity index (χ2n) is 4.72. The molecular formula is C14H20N4O2S. The molecule has 2 rings (SSSR count). The number of hydrogen-bond donors (Lipinski definition) is 2. The Labute approximate surface area is 125 Å². The Hall–Kier alpha value is -2.02. The van der Waals surface area contributed by atoms with Gasteiger partial charge in [-0.1, -0.05) is 13.8 Å². The predicted octanol–water partition coefficient (Wildman–Crippen LogP) is 2.16. The van der Waals surface area contributed by atoms with Crippen molar-refractivity contribution in [2.45, 2.75) is 31.7 Å². The third-order valence-corrected chi connectivity index (χ3v) is 4.85. The van der Waals surface area contributed by atoms with Crippen LogP contribution in [-0.4, -0.2) is 24.9 Å². The number of nitrogen functional groups attached to an aromatic ring is 1. The quantitative estimate of drug-likeness (QED) is 0.800. The Bertz CT molecular complexity index is 692. The van der Waals surface area contributed by atoms with Crippen LogP contribution in [0.15, 0.2) is 35.5 Å². The zero-order valence-electron chi connectivity index (χ0n) is 12.2. The summed E-state index contributed by atoms with van der Waals surface area (Å²) in [4.78, 5) is 6.93.